The Labute approximate surface area is 79.1 Å². The Morgan fingerprint density at radius 2 is 1.71 bits per heavy atom. The number of nitro groups is 2. The largest absolute Gasteiger partial charge is 0.460 e. The minimum absolute atomic E-state index is 0.316. The summed E-state index contributed by atoms with van der Waals surface area (Å²) in [5.41, 5.74) is -2.24. The predicted octanol–water partition coefficient (Wildman–Crippen LogP) is 0.0190. The first-order valence-electron chi connectivity index (χ1n) is 3.99. The van der Waals surface area contributed by atoms with Crippen LogP contribution in [0.3, 0.4) is 0 Å². The van der Waals surface area contributed by atoms with Crippen LogP contribution in [-0.2, 0) is 9.47 Å². The molecule has 8 nitrogen and oxygen atoms in total. The van der Waals surface area contributed by atoms with Gasteiger partial charge in [-0.25, -0.2) is 0 Å². The van der Waals surface area contributed by atoms with Crippen molar-refractivity contribution >= 4 is 0 Å². The van der Waals surface area contributed by atoms with E-state index in [-0.39, 0.29) is 6.42 Å². The lowest BCUT2D eigenvalue weighted by molar-refractivity contribution is -0.794. The Balaban J connectivity index is 2.68. The van der Waals surface area contributed by atoms with E-state index in [9.17, 15) is 20.2 Å². The molecule has 0 unspecified atom stereocenters. The van der Waals surface area contributed by atoms with Gasteiger partial charge in [-0.3, -0.25) is 20.2 Å². The van der Waals surface area contributed by atoms with Gasteiger partial charge in [-0.2, -0.15) is 0 Å². The van der Waals surface area contributed by atoms with Gasteiger partial charge in [0.2, 0.25) is 0 Å². The maximum atomic E-state index is 10.5. The molecule has 0 aromatic carbocycles. The summed E-state index contributed by atoms with van der Waals surface area (Å²) in [6, 6.07) is 0. The number of hydrogen-bond donors (Lipinski definition) is 0. The zero-order valence-electron chi connectivity index (χ0n) is 7.54. The van der Waals surface area contributed by atoms with Crippen LogP contribution in [0.2, 0.25) is 0 Å². The fourth-order valence-electron chi connectivity index (χ4n) is 1.06. The van der Waals surface area contributed by atoms with Gasteiger partial charge in [-0.1, -0.05) is 0 Å². The lowest BCUT2D eigenvalue weighted by Gasteiger charge is -2.15. The van der Waals surface area contributed by atoms with Gasteiger partial charge in [0.25, 0.3) is 0 Å². The molecule has 0 spiro atoms. The molecule has 8 heteroatoms. The first kappa shape index (κ1) is 10.8. The van der Waals surface area contributed by atoms with E-state index in [4.69, 9.17) is 9.47 Å². The molecule has 1 fully saturated rings. The quantitative estimate of drug-likeness (QED) is 0.364. The summed E-state index contributed by atoms with van der Waals surface area (Å²) >= 11 is 0. The van der Waals surface area contributed by atoms with Crippen molar-refractivity contribution in [2.24, 2.45) is 0 Å². The van der Waals surface area contributed by atoms with Crippen LogP contribution < -0.4 is 0 Å². The third-order valence-electron chi connectivity index (χ3n) is 2.03. The molecular formula is C6H10N2O6. The van der Waals surface area contributed by atoms with Gasteiger partial charge in [0, 0.05) is 0 Å². The zero-order valence-corrected chi connectivity index (χ0v) is 7.54. The van der Waals surface area contributed by atoms with Crippen LogP contribution >= 0.6 is 0 Å². The van der Waals surface area contributed by atoms with Gasteiger partial charge in [0.15, 0.2) is 6.29 Å². The summed E-state index contributed by atoms with van der Waals surface area (Å²) in [5, 5.41) is 21.0. The van der Waals surface area contributed by atoms with Crippen molar-refractivity contribution in [3.05, 3.63) is 20.2 Å². The molecule has 0 bridgehead atoms. The van der Waals surface area contributed by atoms with Crippen LogP contribution in [0.4, 0.5) is 0 Å². The molecule has 1 saturated heterocycles. The lowest BCUT2D eigenvalue weighted by Crippen LogP contribution is -2.46. The molecule has 1 rings (SSSR count). The highest BCUT2D eigenvalue weighted by Gasteiger charge is 2.53. The number of rotatable bonds is 4. The van der Waals surface area contributed by atoms with Gasteiger partial charge in [-0.05, 0) is 0 Å². The first-order chi connectivity index (χ1) is 6.47. The molecule has 80 valence electrons. The maximum absolute atomic E-state index is 10.5. The van der Waals surface area contributed by atoms with Crippen LogP contribution in [0.5, 0.6) is 0 Å². The fraction of sp³-hybridized carbons (Fsp3) is 1.00. The summed E-state index contributed by atoms with van der Waals surface area (Å²) in [6.45, 7) is 1.57. The summed E-state index contributed by atoms with van der Waals surface area (Å²) < 4.78 is 9.84. The van der Waals surface area contributed by atoms with Crippen LogP contribution in [0.25, 0.3) is 0 Å². The topological polar surface area (TPSA) is 105 Å². The van der Waals surface area contributed by atoms with E-state index in [2.05, 4.69) is 0 Å². The van der Waals surface area contributed by atoms with Crippen molar-refractivity contribution in [2.75, 3.05) is 13.2 Å². The highest BCUT2D eigenvalue weighted by atomic mass is 16.7. The monoisotopic (exact) mass is 206 g/mol. The summed E-state index contributed by atoms with van der Waals surface area (Å²) in [4.78, 5) is 19.1. The first-order valence-corrected chi connectivity index (χ1v) is 3.99. The molecule has 0 aromatic rings. The zero-order chi connectivity index (χ0) is 10.8. The van der Waals surface area contributed by atoms with Gasteiger partial charge < -0.3 is 9.47 Å². The normalized spacial score (nSPS) is 18.4. The van der Waals surface area contributed by atoms with Gasteiger partial charge in [-0.15, -0.1) is 0 Å². The van der Waals surface area contributed by atoms with E-state index in [1.54, 1.807) is 0 Å². The van der Waals surface area contributed by atoms with Gasteiger partial charge >= 0.3 is 5.66 Å². The molecule has 0 aliphatic carbocycles. The molecule has 14 heavy (non-hydrogen) atoms. The number of hydrogen-bond acceptors (Lipinski definition) is 6. The van der Waals surface area contributed by atoms with Gasteiger partial charge in [0.05, 0.1) is 30.0 Å². The SMILES string of the molecule is CC(CC1OCCO1)([N+](=O)[O-])[N+](=O)[O-]. The van der Waals surface area contributed by atoms with Crippen molar-refractivity contribution < 1.29 is 19.3 Å². The van der Waals surface area contributed by atoms with E-state index in [1.807, 2.05) is 0 Å². The smallest absolute Gasteiger partial charge is 0.350 e. The average molecular weight is 206 g/mol. The van der Waals surface area contributed by atoms with Gasteiger partial charge in [0.1, 0.15) is 6.42 Å². The highest BCUT2D eigenvalue weighted by Crippen LogP contribution is 2.21. The summed E-state index contributed by atoms with van der Waals surface area (Å²) in [7, 11) is 0. The molecule has 0 amide bonds. The molecule has 0 atom stereocenters. The summed E-state index contributed by atoms with van der Waals surface area (Å²) in [5.74, 6) is 0. The molecule has 0 saturated carbocycles. The molecule has 1 aliphatic rings. The van der Waals surface area contributed by atoms with Crippen molar-refractivity contribution in [1.82, 2.24) is 0 Å². The fourth-order valence-corrected chi connectivity index (χ4v) is 1.06. The Morgan fingerprint density at radius 3 is 2.07 bits per heavy atom. The van der Waals surface area contributed by atoms with Crippen molar-refractivity contribution in [3.8, 4) is 0 Å². The van der Waals surface area contributed by atoms with Crippen molar-refractivity contribution in [1.29, 1.82) is 0 Å². The van der Waals surface area contributed by atoms with E-state index < -0.39 is 21.8 Å². The van der Waals surface area contributed by atoms with E-state index in [0.717, 1.165) is 6.92 Å². The lowest BCUT2D eigenvalue weighted by atomic mass is 10.1. The summed E-state index contributed by atoms with van der Waals surface area (Å²) in [6.07, 6.45) is -1.23. The van der Waals surface area contributed by atoms with E-state index >= 15 is 0 Å². The maximum Gasteiger partial charge on any atom is 0.460 e. The van der Waals surface area contributed by atoms with Crippen LogP contribution in [0.1, 0.15) is 13.3 Å². The average Bonchev–Trinajstić information content (AvgIpc) is 2.55. The minimum Gasteiger partial charge on any atom is -0.350 e. The Kier molecular flexibility index (Phi) is 2.96. The second kappa shape index (κ2) is 3.84. The third kappa shape index (κ3) is 1.96. The molecule has 0 radical (unpaired) electrons. The molecule has 1 aliphatic heterocycles. The van der Waals surface area contributed by atoms with Crippen molar-refractivity contribution in [3.63, 3.8) is 0 Å². The van der Waals surface area contributed by atoms with Crippen molar-refractivity contribution in [2.45, 2.75) is 25.3 Å². The number of nitrogens with zero attached hydrogens (tertiary/aromatic N) is 2. The molecule has 0 aromatic heterocycles. The molecule has 0 N–H and O–H groups in total. The Bertz CT molecular complexity index is 235. The van der Waals surface area contributed by atoms with Crippen LogP contribution in [0, 0.1) is 20.2 Å². The highest BCUT2D eigenvalue weighted by molar-refractivity contribution is 4.65. The Morgan fingerprint density at radius 1 is 1.29 bits per heavy atom. The second-order valence-electron chi connectivity index (χ2n) is 3.11. The van der Waals surface area contributed by atoms with E-state index in [1.165, 1.54) is 0 Å². The van der Waals surface area contributed by atoms with Crippen LogP contribution in [-0.4, -0.2) is 35.0 Å². The van der Waals surface area contributed by atoms with E-state index in [0.29, 0.717) is 13.2 Å². The molecular weight excluding hydrogens is 196 g/mol. The Hall–Kier alpha value is -1.28. The standard InChI is InChI=1S/C6H10N2O6/c1-6(7(9)10,8(11)12)4-5-13-2-3-14-5/h5H,2-4H2,1H3. The predicted molar refractivity (Wildman–Crippen MR) is 42.7 cm³/mol. The second-order valence-corrected chi connectivity index (χ2v) is 3.11. The minimum atomic E-state index is -2.24. The number of ether oxygens (including phenoxy) is 2. The third-order valence-corrected chi connectivity index (χ3v) is 2.03. The van der Waals surface area contributed by atoms with Crippen LogP contribution in [0.15, 0.2) is 0 Å². The molecule has 1 heterocycles.